The van der Waals surface area contributed by atoms with Crippen LogP contribution in [0.3, 0.4) is 0 Å². The summed E-state index contributed by atoms with van der Waals surface area (Å²) in [6.45, 7) is 0.580. The second-order valence-electron chi connectivity index (χ2n) is 5.35. The van der Waals surface area contributed by atoms with Crippen molar-refractivity contribution < 1.29 is 18.3 Å². The van der Waals surface area contributed by atoms with E-state index in [-0.39, 0.29) is 16.9 Å². The van der Waals surface area contributed by atoms with Gasteiger partial charge in [0.05, 0.1) is 4.90 Å². The minimum atomic E-state index is -3.59. The van der Waals surface area contributed by atoms with Crippen molar-refractivity contribution in [2.45, 2.75) is 24.2 Å². The minimum Gasteiger partial charge on any atom is -0.396 e. The van der Waals surface area contributed by atoms with Crippen LogP contribution in [0, 0.1) is 5.41 Å². The van der Waals surface area contributed by atoms with E-state index in [1.165, 1.54) is 12.1 Å². The van der Waals surface area contributed by atoms with Gasteiger partial charge in [-0.15, -0.1) is 0 Å². The van der Waals surface area contributed by atoms with E-state index in [0.717, 1.165) is 24.3 Å². The third-order valence-electron chi connectivity index (χ3n) is 3.71. The maximum absolute atomic E-state index is 12.0. The highest BCUT2D eigenvalue weighted by atomic mass is 32.2. The van der Waals surface area contributed by atoms with Crippen molar-refractivity contribution in [1.82, 2.24) is 5.32 Å². The molecule has 0 radical (unpaired) electrons. The summed E-state index contributed by atoms with van der Waals surface area (Å²) in [7, 11) is -3.59. The lowest BCUT2D eigenvalue weighted by molar-refractivity contribution is -0.116. The second kappa shape index (κ2) is 6.41. The first-order valence-corrected chi connectivity index (χ1v) is 8.39. The number of aliphatic hydroxyl groups is 1. The molecule has 0 aliphatic heterocycles. The molecule has 114 valence electrons. The largest absolute Gasteiger partial charge is 0.396 e. The van der Waals surface area contributed by atoms with Crippen LogP contribution in [0.25, 0.3) is 0 Å². The maximum Gasteiger partial charge on any atom is 0.244 e. The Labute approximate surface area is 124 Å². The van der Waals surface area contributed by atoms with Crippen molar-refractivity contribution in [2.75, 3.05) is 13.2 Å². The van der Waals surface area contributed by atoms with Crippen molar-refractivity contribution in [1.29, 1.82) is 0 Å². The Balaban J connectivity index is 1.90. The summed E-state index contributed by atoms with van der Waals surface area (Å²) in [5.41, 5.74) is 0.0105. The molecule has 1 aliphatic rings. The summed E-state index contributed by atoms with van der Waals surface area (Å²) in [4.78, 5) is 11.8. The van der Waals surface area contributed by atoms with Gasteiger partial charge in [-0.2, -0.15) is 0 Å². The van der Waals surface area contributed by atoms with Gasteiger partial charge in [-0.25, -0.2) is 8.42 Å². The first kappa shape index (κ1) is 15.7. The van der Waals surface area contributed by atoms with E-state index >= 15 is 0 Å². The van der Waals surface area contributed by atoms with E-state index in [1.54, 1.807) is 18.2 Å². The highest BCUT2D eigenvalue weighted by Crippen LogP contribution is 2.47. The lowest BCUT2D eigenvalue weighted by atomic mass is 10.0. The third kappa shape index (κ3) is 4.41. The Hall–Kier alpha value is -1.66. The van der Waals surface area contributed by atoms with Gasteiger partial charge in [-0.05, 0) is 36.8 Å². The lowest BCUT2D eigenvalue weighted by Crippen LogP contribution is -2.29. The molecule has 0 heterocycles. The first-order chi connectivity index (χ1) is 9.97. The van der Waals surface area contributed by atoms with Crippen LogP contribution >= 0.6 is 0 Å². The second-order valence-corrected chi connectivity index (χ2v) is 7.19. The summed E-state index contributed by atoms with van der Waals surface area (Å²) < 4.78 is 23.9. The fourth-order valence-electron chi connectivity index (χ4n) is 2.10. The van der Waals surface area contributed by atoms with Gasteiger partial charge in [-0.3, -0.25) is 4.79 Å². The number of benzene rings is 1. The number of sulfone groups is 1. The van der Waals surface area contributed by atoms with Crippen LogP contribution in [0.2, 0.25) is 0 Å². The van der Waals surface area contributed by atoms with Crippen molar-refractivity contribution in [2.24, 2.45) is 5.41 Å². The van der Waals surface area contributed by atoms with E-state index in [2.05, 4.69) is 5.32 Å². The highest BCUT2D eigenvalue weighted by molar-refractivity contribution is 7.94. The fraction of sp³-hybridized carbons (Fsp3) is 0.400. The van der Waals surface area contributed by atoms with Gasteiger partial charge in [0.15, 0.2) is 9.84 Å². The fourth-order valence-corrected chi connectivity index (χ4v) is 3.10. The number of aliphatic hydroxyl groups excluding tert-OH is 1. The molecule has 0 bridgehead atoms. The molecule has 0 unspecified atom stereocenters. The number of hydrogen-bond acceptors (Lipinski definition) is 4. The van der Waals surface area contributed by atoms with E-state index in [0.29, 0.717) is 13.0 Å². The van der Waals surface area contributed by atoms with Crippen molar-refractivity contribution in [3.05, 3.63) is 41.8 Å². The zero-order chi connectivity index (χ0) is 15.3. The number of rotatable bonds is 7. The molecule has 1 amide bonds. The van der Waals surface area contributed by atoms with Gasteiger partial charge in [-0.1, -0.05) is 18.2 Å². The molecule has 0 atom stereocenters. The molecule has 1 aromatic carbocycles. The number of carbonyl (C=O) groups is 1. The Morgan fingerprint density at radius 2 is 1.95 bits per heavy atom. The van der Waals surface area contributed by atoms with Gasteiger partial charge in [0.25, 0.3) is 0 Å². The van der Waals surface area contributed by atoms with Crippen molar-refractivity contribution in [3.8, 4) is 0 Å². The number of amides is 1. The molecule has 2 rings (SSSR count). The van der Waals surface area contributed by atoms with E-state index in [4.69, 9.17) is 5.11 Å². The van der Waals surface area contributed by atoms with Gasteiger partial charge in [0.1, 0.15) is 0 Å². The molecular weight excluding hydrogens is 290 g/mol. The molecule has 0 saturated heterocycles. The van der Waals surface area contributed by atoms with Gasteiger partial charge >= 0.3 is 0 Å². The van der Waals surface area contributed by atoms with Gasteiger partial charge < -0.3 is 10.4 Å². The standard InChI is InChI=1S/C15H19NO4S/c17-10-9-15(7-8-15)12-16-14(18)6-11-21(19,20)13-4-2-1-3-5-13/h1-6,11,17H,7-10,12H2,(H,16,18)/b11-6+. The molecule has 0 spiro atoms. The van der Waals surface area contributed by atoms with Crippen LogP contribution < -0.4 is 5.32 Å². The predicted octanol–water partition coefficient (Wildman–Crippen LogP) is 1.25. The van der Waals surface area contributed by atoms with E-state index in [9.17, 15) is 13.2 Å². The number of carbonyl (C=O) groups excluding carboxylic acids is 1. The SMILES string of the molecule is O=C(/C=C/S(=O)(=O)c1ccccc1)NCC1(CCO)CC1. The van der Waals surface area contributed by atoms with Crippen LogP contribution in [-0.4, -0.2) is 32.6 Å². The van der Waals surface area contributed by atoms with Crippen LogP contribution in [0.1, 0.15) is 19.3 Å². The summed E-state index contributed by atoms with van der Waals surface area (Å²) in [5.74, 6) is -0.432. The monoisotopic (exact) mass is 309 g/mol. The van der Waals surface area contributed by atoms with Crippen LogP contribution in [0.4, 0.5) is 0 Å². The molecule has 1 aromatic rings. The normalized spacial score (nSPS) is 16.8. The predicted molar refractivity (Wildman–Crippen MR) is 79.1 cm³/mol. The summed E-state index contributed by atoms with van der Waals surface area (Å²) in [6, 6.07) is 7.96. The molecule has 21 heavy (non-hydrogen) atoms. The van der Waals surface area contributed by atoms with Gasteiger partial charge in [0, 0.05) is 24.6 Å². The summed E-state index contributed by atoms with van der Waals surface area (Å²) in [6.07, 6.45) is 3.68. The molecule has 2 N–H and O–H groups in total. The molecule has 6 heteroatoms. The molecule has 1 saturated carbocycles. The smallest absolute Gasteiger partial charge is 0.244 e. The van der Waals surface area contributed by atoms with E-state index < -0.39 is 15.7 Å². The zero-order valence-electron chi connectivity index (χ0n) is 11.7. The molecule has 1 aliphatic carbocycles. The Bertz CT molecular complexity index is 618. The molecule has 5 nitrogen and oxygen atoms in total. The number of hydrogen-bond donors (Lipinski definition) is 2. The average molecular weight is 309 g/mol. The van der Waals surface area contributed by atoms with Crippen LogP contribution in [0.5, 0.6) is 0 Å². The quantitative estimate of drug-likeness (QED) is 0.743. The molecule has 0 aromatic heterocycles. The minimum absolute atomic E-state index is 0.0105. The Morgan fingerprint density at radius 1 is 1.29 bits per heavy atom. The topological polar surface area (TPSA) is 83.5 Å². The van der Waals surface area contributed by atoms with Gasteiger partial charge in [0.2, 0.25) is 5.91 Å². The Morgan fingerprint density at radius 3 is 2.52 bits per heavy atom. The third-order valence-corrected chi connectivity index (χ3v) is 5.13. The average Bonchev–Trinajstić information content (AvgIpc) is 3.25. The van der Waals surface area contributed by atoms with E-state index in [1.807, 2.05) is 0 Å². The maximum atomic E-state index is 12.0. The lowest BCUT2D eigenvalue weighted by Gasteiger charge is -2.13. The van der Waals surface area contributed by atoms with Crippen LogP contribution in [-0.2, 0) is 14.6 Å². The van der Waals surface area contributed by atoms with Crippen molar-refractivity contribution >= 4 is 15.7 Å². The van der Waals surface area contributed by atoms with Crippen molar-refractivity contribution in [3.63, 3.8) is 0 Å². The molecule has 1 fully saturated rings. The zero-order valence-corrected chi connectivity index (χ0v) is 12.5. The number of nitrogens with one attached hydrogen (secondary N) is 1. The Kier molecular flexibility index (Phi) is 4.80. The first-order valence-electron chi connectivity index (χ1n) is 6.84. The highest BCUT2D eigenvalue weighted by Gasteiger charge is 2.41. The summed E-state index contributed by atoms with van der Waals surface area (Å²) >= 11 is 0. The summed E-state index contributed by atoms with van der Waals surface area (Å²) in [5, 5.41) is 12.6. The molecular formula is C15H19NO4S. The van der Waals surface area contributed by atoms with Crippen LogP contribution in [0.15, 0.2) is 46.7 Å².